The molecule has 2 amide bonds. The van der Waals surface area contributed by atoms with Gasteiger partial charge in [-0.3, -0.25) is 14.4 Å². The number of esters is 1. The highest BCUT2D eigenvalue weighted by Gasteiger charge is 2.52. The smallest absolute Gasteiger partial charge is 0.305 e. The molecule has 1 saturated heterocycles. The first kappa shape index (κ1) is 30.6. The minimum atomic E-state index is -2.01. The fourth-order valence-electron chi connectivity index (χ4n) is 4.69. The molecule has 216 valence electrons. The average Bonchev–Trinajstić information content (AvgIpc) is 3.13. The van der Waals surface area contributed by atoms with Crippen LogP contribution in [-0.4, -0.2) is 99.4 Å². The number of ether oxygens (including phenoxy) is 2. The number of aliphatic hydroxyl groups is 6. The maximum Gasteiger partial charge on any atom is 0.305 e. The summed E-state index contributed by atoms with van der Waals surface area (Å²) in [6.07, 6.45) is -4.39. The summed E-state index contributed by atoms with van der Waals surface area (Å²) >= 11 is 0. The lowest BCUT2D eigenvalue weighted by Gasteiger charge is -2.37. The van der Waals surface area contributed by atoms with Crippen LogP contribution >= 0.6 is 0 Å². The van der Waals surface area contributed by atoms with E-state index in [0.29, 0.717) is 24.9 Å². The number of hydrogen-bond donors (Lipinski definition) is 7. The van der Waals surface area contributed by atoms with E-state index in [1.165, 1.54) is 30.2 Å². The highest BCUT2D eigenvalue weighted by Crippen LogP contribution is 2.46. The van der Waals surface area contributed by atoms with E-state index in [4.69, 9.17) is 9.84 Å². The van der Waals surface area contributed by atoms with E-state index >= 15 is 0 Å². The number of nitrogens with zero attached hydrogens (tertiary/aromatic N) is 1. The molecule has 3 rings (SSSR count). The fraction of sp³-hybridized carbons (Fsp3) is 0.577. The monoisotopic (exact) mass is 552 g/mol. The van der Waals surface area contributed by atoms with Crippen LogP contribution in [0.2, 0.25) is 0 Å². The maximum absolute atomic E-state index is 13.6. The van der Waals surface area contributed by atoms with Gasteiger partial charge in [0.05, 0.1) is 12.8 Å². The lowest BCUT2D eigenvalue weighted by atomic mass is 9.82. The summed E-state index contributed by atoms with van der Waals surface area (Å²) < 4.78 is 9.60. The van der Waals surface area contributed by atoms with Gasteiger partial charge in [0.2, 0.25) is 0 Å². The van der Waals surface area contributed by atoms with Crippen LogP contribution in [0.4, 0.5) is 11.4 Å². The number of benzene rings is 1. The minimum absolute atomic E-state index is 0.107. The average molecular weight is 553 g/mol. The second kappa shape index (κ2) is 13.0. The molecule has 0 radical (unpaired) electrons. The quantitative estimate of drug-likeness (QED) is 0.0994. The molecule has 0 saturated carbocycles. The second-order valence-electron chi connectivity index (χ2n) is 9.63. The number of amides is 2. The summed E-state index contributed by atoms with van der Waals surface area (Å²) in [6, 6.07) is 4.42. The number of methoxy groups -OCH3 is 1. The molecule has 0 bridgehead atoms. The Labute approximate surface area is 225 Å². The molecular weight excluding hydrogens is 516 g/mol. The topological polar surface area (TPSA) is 206 Å². The first-order valence-corrected chi connectivity index (χ1v) is 12.7. The van der Waals surface area contributed by atoms with Crippen LogP contribution < -0.4 is 10.2 Å². The van der Waals surface area contributed by atoms with Crippen molar-refractivity contribution in [3.8, 4) is 0 Å². The Kier molecular flexibility index (Phi) is 10.2. The number of nitrogens with one attached hydrogen (secondary N) is 1. The lowest BCUT2D eigenvalue weighted by Crippen LogP contribution is -2.60. The van der Waals surface area contributed by atoms with Gasteiger partial charge in [0.1, 0.15) is 18.3 Å². The zero-order valence-electron chi connectivity index (χ0n) is 21.8. The molecule has 39 heavy (non-hydrogen) atoms. The predicted molar refractivity (Wildman–Crippen MR) is 136 cm³/mol. The predicted octanol–water partition coefficient (Wildman–Crippen LogP) is -1.12. The molecular formula is C26H36N2O11. The molecule has 2 aliphatic heterocycles. The van der Waals surface area contributed by atoms with E-state index in [-0.39, 0.29) is 36.8 Å². The highest BCUT2D eigenvalue weighted by molar-refractivity contribution is 6.08. The zero-order chi connectivity index (χ0) is 28.9. The van der Waals surface area contributed by atoms with E-state index in [2.05, 4.69) is 10.1 Å². The third-order valence-corrected chi connectivity index (χ3v) is 7.00. The summed E-state index contributed by atoms with van der Waals surface area (Å²) in [5, 5.41) is 62.7. The maximum atomic E-state index is 13.6. The van der Waals surface area contributed by atoms with Gasteiger partial charge >= 0.3 is 5.97 Å². The molecule has 2 aliphatic rings. The lowest BCUT2D eigenvalue weighted by molar-refractivity contribution is -0.274. The summed E-state index contributed by atoms with van der Waals surface area (Å²) in [7, 11) is 1.29. The number of carbonyl (C=O) groups is 3. The van der Waals surface area contributed by atoms with Crippen molar-refractivity contribution in [1.82, 2.24) is 0 Å². The molecule has 0 aliphatic carbocycles. The van der Waals surface area contributed by atoms with Gasteiger partial charge in [-0.25, -0.2) is 0 Å². The van der Waals surface area contributed by atoms with Crippen molar-refractivity contribution in [3.05, 3.63) is 35.9 Å². The van der Waals surface area contributed by atoms with Crippen molar-refractivity contribution in [2.24, 2.45) is 5.92 Å². The van der Waals surface area contributed by atoms with Gasteiger partial charge < -0.3 is 50.3 Å². The van der Waals surface area contributed by atoms with Gasteiger partial charge in [0, 0.05) is 36.7 Å². The molecule has 1 aromatic carbocycles. The molecule has 1 fully saturated rings. The van der Waals surface area contributed by atoms with Crippen LogP contribution in [0.5, 0.6) is 0 Å². The Morgan fingerprint density at radius 1 is 1.18 bits per heavy atom. The van der Waals surface area contributed by atoms with Gasteiger partial charge in [0.25, 0.3) is 11.8 Å². The molecule has 7 atom stereocenters. The highest BCUT2D eigenvalue weighted by atomic mass is 16.6. The summed E-state index contributed by atoms with van der Waals surface area (Å²) in [5.74, 6) is -2.62. The van der Waals surface area contributed by atoms with Crippen LogP contribution in [0.15, 0.2) is 30.4 Å². The van der Waals surface area contributed by atoms with E-state index in [9.17, 15) is 39.9 Å². The van der Waals surface area contributed by atoms with Gasteiger partial charge in [0.15, 0.2) is 18.0 Å². The van der Waals surface area contributed by atoms with E-state index in [1.54, 1.807) is 19.1 Å². The van der Waals surface area contributed by atoms with E-state index in [1.807, 2.05) is 0 Å². The van der Waals surface area contributed by atoms with Gasteiger partial charge in [-0.1, -0.05) is 19.1 Å². The standard InChI is InChI=1S/C26H36N2O11/c1-14(7-4-6-12-29)26(37)16-13-15(27-23(34)22-20(32)19(31)21(33)24(35)39-22)9-10-17(16)28(25(26)36)11-5-3-8-18(30)38-2/h4,7,9-10,13-14,19-22,24,29,31-33,35,37H,3,5-6,8,11-12H2,1-2H3,(H,27,34)/b7-4+/t14-,19-,20-,21+,22-,24+,26+/m0/s1. The van der Waals surface area contributed by atoms with Crippen molar-refractivity contribution in [3.63, 3.8) is 0 Å². The third kappa shape index (κ3) is 6.30. The van der Waals surface area contributed by atoms with Gasteiger partial charge in [-0.2, -0.15) is 0 Å². The number of unbranched alkanes of at least 4 members (excludes halogenated alkanes) is 1. The zero-order valence-corrected chi connectivity index (χ0v) is 21.8. The van der Waals surface area contributed by atoms with Crippen molar-refractivity contribution < 1.29 is 54.5 Å². The van der Waals surface area contributed by atoms with Crippen molar-refractivity contribution in [2.45, 2.75) is 68.9 Å². The Morgan fingerprint density at radius 3 is 2.56 bits per heavy atom. The molecule has 2 heterocycles. The second-order valence-corrected chi connectivity index (χ2v) is 9.63. The summed E-state index contributed by atoms with van der Waals surface area (Å²) in [6.45, 7) is 1.75. The fourth-order valence-corrected chi connectivity index (χ4v) is 4.69. The molecule has 0 unspecified atom stereocenters. The summed E-state index contributed by atoms with van der Waals surface area (Å²) in [5.41, 5.74) is -1.26. The molecule has 1 aromatic rings. The molecule has 13 nitrogen and oxygen atoms in total. The molecule has 7 N–H and O–H groups in total. The van der Waals surface area contributed by atoms with Crippen LogP contribution in [0.25, 0.3) is 0 Å². The number of hydrogen-bond acceptors (Lipinski definition) is 11. The number of aliphatic hydroxyl groups excluding tert-OH is 5. The van der Waals surface area contributed by atoms with Gasteiger partial charge in [-0.05, 0) is 37.5 Å². The van der Waals surface area contributed by atoms with E-state index < -0.39 is 54.0 Å². The van der Waals surface area contributed by atoms with Crippen molar-refractivity contribution in [1.29, 1.82) is 0 Å². The minimum Gasteiger partial charge on any atom is -0.469 e. The number of fused-ring (bicyclic) bond motifs is 1. The van der Waals surface area contributed by atoms with Crippen LogP contribution in [-0.2, 0) is 29.5 Å². The SMILES string of the molecule is COC(=O)CCCCN1C(=O)[C@@](O)([C@@H](C)/C=C/CCO)c2cc(NC(=O)[C@H]3O[C@@H](O)[C@H](O)[C@@H](O)[C@@H]3O)ccc21. The Bertz CT molecular complexity index is 1080. The number of carbonyl (C=O) groups excluding carboxylic acids is 3. The Morgan fingerprint density at radius 2 is 1.90 bits per heavy atom. The van der Waals surface area contributed by atoms with Crippen LogP contribution in [0, 0.1) is 5.92 Å². The number of rotatable bonds is 11. The van der Waals surface area contributed by atoms with Crippen LogP contribution in [0.3, 0.4) is 0 Å². The summed E-state index contributed by atoms with van der Waals surface area (Å²) in [4.78, 5) is 39.2. The third-order valence-electron chi connectivity index (χ3n) is 7.00. The van der Waals surface area contributed by atoms with Crippen LogP contribution in [0.1, 0.15) is 38.2 Å². The Balaban J connectivity index is 1.88. The molecule has 13 heteroatoms. The number of anilines is 2. The normalized spacial score (nSPS) is 29.4. The van der Waals surface area contributed by atoms with Gasteiger partial charge in [-0.15, -0.1) is 0 Å². The largest absolute Gasteiger partial charge is 0.469 e. The first-order chi connectivity index (χ1) is 18.5. The molecule has 0 spiro atoms. The van der Waals surface area contributed by atoms with E-state index in [0.717, 1.165) is 0 Å². The Hall–Kier alpha value is -2.91. The van der Waals surface area contributed by atoms with Crippen molar-refractivity contribution >= 4 is 29.2 Å². The first-order valence-electron chi connectivity index (χ1n) is 12.7. The molecule has 0 aromatic heterocycles. The van der Waals surface area contributed by atoms with Crippen molar-refractivity contribution in [2.75, 3.05) is 30.5 Å².